The Labute approximate surface area is 215 Å². The molecule has 0 saturated carbocycles. The Morgan fingerprint density at radius 1 is 1.00 bits per heavy atom. The molecule has 1 unspecified atom stereocenters. The zero-order chi connectivity index (χ0) is 26.3. The third kappa shape index (κ3) is 5.43. The summed E-state index contributed by atoms with van der Waals surface area (Å²) < 4.78 is 59.8. The maximum Gasteiger partial charge on any atom is 0.267 e. The number of ether oxygens (including phenoxy) is 1. The van der Waals surface area contributed by atoms with Crippen LogP contribution in [0.5, 0.6) is 5.75 Å². The van der Waals surface area contributed by atoms with Crippen LogP contribution in [-0.4, -0.2) is 41.6 Å². The fourth-order valence-electron chi connectivity index (χ4n) is 3.78. The Kier molecular flexibility index (Phi) is 6.91. The number of nitrogens with zero attached hydrogens (tertiary/aromatic N) is 1. The Morgan fingerprint density at radius 3 is 2.25 bits per heavy atom. The predicted octanol–water partition coefficient (Wildman–Crippen LogP) is 3.92. The highest BCUT2D eigenvalue weighted by Gasteiger charge is 2.35. The summed E-state index contributed by atoms with van der Waals surface area (Å²) in [4.78, 5) is 12.9. The van der Waals surface area contributed by atoms with Crippen LogP contribution in [0.4, 0.5) is 17.1 Å². The van der Waals surface area contributed by atoms with Crippen molar-refractivity contribution in [1.82, 2.24) is 0 Å². The van der Waals surface area contributed by atoms with E-state index in [2.05, 4.69) is 10.0 Å². The van der Waals surface area contributed by atoms with Crippen LogP contribution in [0, 0.1) is 13.8 Å². The number of halogens is 1. The minimum Gasteiger partial charge on any atom is -0.476 e. The van der Waals surface area contributed by atoms with E-state index in [9.17, 15) is 21.6 Å². The van der Waals surface area contributed by atoms with Crippen molar-refractivity contribution in [3.63, 3.8) is 0 Å². The molecule has 9 nitrogen and oxygen atoms in total. The van der Waals surface area contributed by atoms with E-state index in [1.807, 2.05) is 32.0 Å². The van der Waals surface area contributed by atoms with E-state index in [4.69, 9.17) is 16.3 Å². The van der Waals surface area contributed by atoms with E-state index in [1.54, 1.807) is 0 Å². The van der Waals surface area contributed by atoms with Crippen LogP contribution in [0.25, 0.3) is 0 Å². The number of hydrogen-bond donors (Lipinski definition) is 2. The van der Waals surface area contributed by atoms with Crippen molar-refractivity contribution in [3.05, 3.63) is 76.8 Å². The quantitative estimate of drug-likeness (QED) is 0.480. The molecule has 1 aliphatic heterocycles. The van der Waals surface area contributed by atoms with Gasteiger partial charge in [0.1, 0.15) is 5.75 Å². The lowest BCUT2D eigenvalue weighted by Gasteiger charge is -2.34. The van der Waals surface area contributed by atoms with Gasteiger partial charge in [0, 0.05) is 10.7 Å². The normalized spacial score (nSPS) is 15.6. The summed E-state index contributed by atoms with van der Waals surface area (Å²) in [6.07, 6.45) is -0.105. The first-order chi connectivity index (χ1) is 16.8. The zero-order valence-electron chi connectivity index (χ0n) is 19.6. The summed E-state index contributed by atoms with van der Waals surface area (Å²) in [6, 6.07) is 15.6. The molecule has 0 aromatic heterocycles. The highest BCUT2D eigenvalue weighted by atomic mass is 35.5. The molecular formula is C24H24ClN3O6S2. The minimum atomic E-state index is -3.86. The number of aryl methyl sites for hydroxylation is 2. The minimum absolute atomic E-state index is 0.0196. The molecule has 1 heterocycles. The molecule has 12 heteroatoms. The van der Waals surface area contributed by atoms with E-state index < -0.39 is 32.1 Å². The van der Waals surface area contributed by atoms with Crippen molar-refractivity contribution in [3.8, 4) is 5.75 Å². The van der Waals surface area contributed by atoms with Gasteiger partial charge in [0.2, 0.25) is 10.0 Å². The van der Waals surface area contributed by atoms with E-state index >= 15 is 0 Å². The smallest absolute Gasteiger partial charge is 0.267 e. The molecule has 0 radical (unpaired) electrons. The van der Waals surface area contributed by atoms with Crippen molar-refractivity contribution < 1.29 is 26.4 Å². The van der Waals surface area contributed by atoms with Crippen molar-refractivity contribution >= 4 is 54.6 Å². The van der Waals surface area contributed by atoms with Gasteiger partial charge < -0.3 is 10.1 Å². The molecule has 1 atom stereocenters. The maximum absolute atomic E-state index is 12.9. The van der Waals surface area contributed by atoms with Gasteiger partial charge in [0.15, 0.2) is 6.10 Å². The van der Waals surface area contributed by atoms with Gasteiger partial charge in [-0.2, -0.15) is 0 Å². The Balaban J connectivity index is 1.50. The number of carbonyl (C=O) groups excluding carboxylic acids is 1. The van der Waals surface area contributed by atoms with Gasteiger partial charge in [-0.25, -0.2) is 16.8 Å². The lowest BCUT2D eigenvalue weighted by atomic mass is 10.1. The van der Waals surface area contributed by atoms with Crippen molar-refractivity contribution in [2.24, 2.45) is 0 Å². The SMILES string of the molecule is Cc1cccc(C)c1NS(=O)(=O)c1ccc(NC(=O)C2CN(S(C)(=O)=O)c3cc(Cl)ccc3O2)cc1. The highest BCUT2D eigenvalue weighted by Crippen LogP contribution is 2.37. The molecule has 36 heavy (non-hydrogen) atoms. The summed E-state index contributed by atoms with van der Waals surface area (Å²) in [7, 11) is -7.56. The number of nitrogens with one attached hydrogen (secondary N) is 2. The van der Waals surface area contributed by atoms with Crippen molar-refractivity contribution in [2.75, 3.05) is 27.1 Å². The third-order valence-electron chi connectivity index (χ3n) is 5.63. The summed E-state index contributed by atoms with van der Waals surface area (Å²) in [5.41, 5.74) is 2.67. The van der Waals surface area contributed by atoms with Gasteiger partial charge in [-0.1, -0.05) is 29.8 Å². The predicted molar refractivity (Wildman–Crippen MR) is 140 cm³/mol. The molecule has 0 saturated heterocycles. The molecule has 190 valence electrons. The number of carbonyl (C=O) groups is 1. The van der Waals surface area contributed by atoms with Gasteiger partial charge in [0.25, 0.3) is 15.9 Å². The average Bonchev–Trinajstić information content (AvgIpc) is 2.80. The van der Waals surface area contributed by atoms with E-state index in [1.165, 1.54) is 42.5 Å². The van der Waals surface area contributed by atoms with E-state index in [0.717, 1.165) is 21.7 Å². The van der Waals surface area contributed by atoms with Crippen LogP contribution < -0.4 is 19.1 Å². The number of anilines is 3. The van der Waals surface area contributed by atoms with E-state index in [0.29, 0.717) is 16.4 Å². The number of fused-ring (bicyclic) bond motifs is 1. The molecule has 0 fully saturated rings. The molecule has 4 rings (SSSR count). The third-order valence-corrected chi connectivity index (χ3v) is 8.38. The van der Waals surface area contributed by atoms with Gasteiger partial charge in [-0.15, -0.1) is 0 Å². The average molecular weight is 550 g/mol. The summed E-state index contributed by atoms with van der Waals surface area (Å²) in [6.45, 7) is 3.38. The molecule has 0 aliphatic carbocycles. The molecule has 3 aromatic carbocycles. The number of sulfonamides is 2. The second-order valence-electron chi connectivity index (χ2n) is 8.40. The lowest BCUT2D eigenvalue weighted by molar-refractivity contribution is -0.122. The van der Waals surface area contributed by atoms with Crippen LogP contribution in [0.2, 0.25) is 5.02 Å². The topological polar surface area (TPSA) is 122 Å². The molecule has 2 N–H and O–H groups in total. The summed E-state index contributed by atoms with van der Waals surface area (Å²) in [5, 5.41) is 2.98. The Hall–Kier alpha value is -3.28. The molecule has 1 aliphatic rings. The Bertz CT molecular complexity index is 1520. The van der Waals surface area contributed by atoms with Gasteiger partial charge >= 0.3 is 0 Å². The molecule has 1 amide bonds. The van der Waals surface area contributed by atoms with Crippen molar-refractivity contribution in [2.45, 2.75) is 24.8 Å². The number of rotatable bonds is 6. The first-order valence-electron chi connectivity index (χ1n) is 10.8. The largest absolute Gasteiger partial charge is 0.476 e. The zero-order valence-corrected chi connectivity index (χ0v) is 22.0. The molecule has 0 spiro atoms. The number of hydrogen-bond acceptors (Lipinski definition) is 6. The first-order valence-corrected chi connectivity index (χ1v) is 14.5. The van der Waals surface area contributed by atoms with Gasteiger partial charge in [0.05, 0.1) is 29.1 Å². The van der Waals surface area contributed by atoms with Crippen LogP contribution in [-0.2, 0) is 24.8 Å². The van der Waals surface area contributed by atoms with Crippen molar-refractivity contribution in [1.29, 1.82) is 0 Å². The number of amides is 1. The fraction of sp³-hybridized carbons (Fsp3) is 0.208. The monoisotopic (exact) mass is 549 g/mol. The standard InChI is InChI=1S/C24H24ClN3O6S2/c1-15-5-4-6-16(2)23(15)27-36(32,33)19-10-8-18(9-11-19)26-24(29)22-14-28(35(3,30)31)20-13-17(25)7-12-21(20)34-22/h4-13,22,27H,14H2,1-3H3,(H,26,29). The van der Waals surface area contributed by atoms with Crippen LogP contribution >= 0.6 is 11.6 Å². The number of benzene rings is 3. The Morgan fingerprint density at radius 2 is 1.64 bits per heavy atom. The lowest BCUT2D eigenvalue weighted by Crippen LogP contribution is -2.48. The maximum atomic E-state index is 12.9. The van der Waals surface area contributed by atoms with Gasteiger partial charge in [-0.05, 0) is 67.4 Å². The first kappa shape index (κ1) is 25.8. The molecule has 0 bridgehead atoms. The number of para-hydroxylation sites is 1. The highest BCUT2D eigenvalue weighted by molar-refractivity contribution is 7.92. The second kappa shape index (κ2) is 9.64. The van der Waals surface area contributed by atoms with Crippen LogP contribution in [0.3, 0.4) is 0 Å². The van der Waals surface area contributed by atoms with Crippen LogP contribution in [0.1, 0.15) is 11.1 Å². The fourth-order valence-corrected chi connectivity index (χ4v) is 6.06. The van der Waals surface area contributed by atoms with Gasteiger partial charge in [-0.3, -0.25) is 13.8 Å². The summed E-state index contributed by atoms with van der Waals surface area (Å²) in [5.74, 6) is -0.385. The molecular weight excluding hydrogens is 526 g/mol. The molecule has 3 aromatic rings. The second-order valence-corrected chi connectivity index (χ2v) is 12.4. The summed E-state index contributed by atoms with van der Waals surface area (Å²) >= 11 is 6.00. The van der Waals surface area contributed by atoms with Crippen LogP contribution in [0.15, 0.2) is 65.6 Å². The van der Waals surface area contributed by atoms with E-state index in [-0.39, 0.29) is 22.9 Å².